The molecule has 0 fully saturated rings. The first kappa shape index (κ1) is 11.8. The fourth-order valence-electron chi connectivity index (χ4n) is 2.32. The van der Waals surface area contributed by atoms with Gasteiger partial charge in [-0.15, -0.1) is 10.2 Å². The topological polar surface area (TPSA) is 83.8 Å². The standard InChI is InChI=1S/C14H13N7/c1-2-4-10(5-3-1)15-7-6-11-19-20-14-12-13(17-8-16-12)18-9-21(11)14/h1-5,8-9,15H,6-7H2,(H,16,17). The predicted octanol–water partition coefficient (Wildman–Crippen LogP) is 1.66. The van der Waals surface area contributed by atoms with Crippen LogP contribution in [0.25, 0.3) is 16.8 Å². The number of nitrogens with one attached hydrogen (secondary N) is 2. The molecule has 104 valence electrons. The van der Waals surface area contributed by atoms with E-state index in [1.165, 1.54) is 0 Å². The minimum Gasteiger partial charge on any atom is -0.385 e. The SMILES string of the molecule is c1ccc(NCCc2nnc3c4[nH]cnc4ncn23)cc1. The van der Waals surface area contributed by atoms with Gasteiger partial charge in [0.15, 0.2) is 11.3 Å². The van der Waals surface area contributed by atoms with Crippen molar-refractivity contribution in [2.75, 3.05) is 11.9 Å². The Labute approximate surface area is 120 Å². The number of para-hydroxylation sites is 1. The van der Waals surface area contributed by atoms with Crippen molar-refractivity contribution in [3.05, 3.63) is 48.8 Å². The summed E-state index contributed by atoms with van der Waals surface area (Å²) in [5.41, 5.74) is 3.32. The third-order valence-electron chi connectivity index (χ3n) is 3.36. The second-order valence-electron chi connectivity index (χ2n) is 4.70. The normalized spacial score (nSPS) is 11.2. The minimum absolute atomic E-state index is 0.656. The van der Waals surface area contributed by atoms with Gasteiger partial charge in [-0.25, -0.2) is 9.97 Å². The van der Waals surface area contributed by atoms with Gasteiger partial charge in [-0.05, 0) is 12.1 Å². The number of H-pyrrole nitrogens is 1. The lowest BCUT2D eigenvalue weighted by Gasteiger charge is -2.04. The molecule has 1 aromatic carbocycles. The molecular weight excluding hydrogens is 266 g/mol. The molecule has 0 aliphatic carbocycles. The Bertz CT molecular complexity index is 878. The zero-order valence-corrected chi connectivity index (χ0v) is 11.2. The number of imidazole rings is 1. The molecule has 0 aliphatic heterocycles. The van der Waals surface area contributed by atoms with Crippen LogP contribution in [0.2, 0.25) is 0 Å². The second-order valence-corrected chi connectivity index (χ2v) is 4.70. The number of hydrogen-bond donors (Lipinski definition) is 2. The monoisotopic (exact) mass is 279 g/mol. The van der Waals surface area contributed by atoms with E-state index in [4.69, 9.17) is 0 Å². The molecule has 0 spiro atoms. The van der Waals surface area contributed by atoms with Gasteiger partial charge in [0.25, 0.3) is 0 Å². The van der Waals surface area contributed by atoms with Crippen molar-refractivity contribution >= 4 is 22.5 Å². The molecule has 4 rings (SSSR count). The van der Waals surface area contributed by atoms with E-state index >= 15 is 0 Å². The average molecular weight is 279 g/mol. The molecule has 21 heavy (non-hydrogen) atoms. The highest BCUT2D eigenvalue weighted by atomic mass is 15.3. The van der Waals surface area contributed by atoms with Gasteiger partial charge in [-0.3, -0.25) is 4.40 Å². The summed E-state index contributed by atoms with van der Waals surface area (Å²) in [6.45, 7) is 0.784. The highest BCUT2D eigenvalue weighted by Gasteiger charge is 2.10. The highest BCUT2D eigenvalue weighted by molar-refractivity contribution is 5.84. The number of hydrogen-bond acceptors (Lipinski definition) is 5. The van der Waals surface area contributed by atoms with Crippen LogP contribution in [0.1, 0.15) is 5.82 Å². The maximum Gasteiger partial charge on any atom is 0.189 e. The summed E-state index contributed by atoms with van der Waals surface area (Å²) in [6, 6.07) is 10.1. The molecule has 4 aromatic rings. The van der Waals surface area contributed by atoms with Crippen molar-refractivity contribution in [3.63, 3.8) is 0 Å². The number of rotatable bonds is 4. The zero-order chi connectivity index (χ0) is 14.1. The van der Waals surface area contributed by atoms with E-state index in [1.807, 2.05) is 34.7 Å². The number of benzene rings is 1. The van der Waals surface area contributed by atoms with Crippen molar-refractivity contribution < 1.29 is 0 Å². The zero-order valence-electron chi connectivity index (χ0n) is 11.2. The maximum absolute atomic E-state index is 4.29. The number of aromatic nitrogens is 6. The van der Waals surface area contributed by atoms with Crippen LogP contribution in [-0.4, -0.2) is 36.1 Å². The number of aromatic amines is 1. The summed E-state index contributed by atoms with van der Waals surface area (Å²) in [7, 11) is 0. The van der Waals surface area contributed by atoms with E-state index in [-0.39, 0.29) is 0 Å². The van der Waals surface area contributed by atoms with Crippen molar-refractivity contribution in [1.29, 1.82) is 0 Å². The number of nitrogens with zero attached hydrogens (tertiary/aromatic N) is 5. The van der Waals surface area contributed by atoms with Gasteiger partial charge in [0.2, 0.25) is 0 Å². The molecular formula is C14H13N7. The van der Waals surface area contributed by atoms with Crippen LogP contribution in [0.4, 0.5) is 5.69 Å². The van der Waals surface area contributed by atoms with E-state index in [0.29, 0.717) is 5.65 Å². The van der Waals surface area contributed by atoms with Gasteiger partial charge in [0.1, 0.15) is 17.7 Å². The highest BCUT2D eigenvalue weighted by Crippen LogP contribution is 2.13. The van der Waals surface area contributed by atoms with E-state index in [0.717, 1.165) is 35.6 Å². The van der Waals surface area contributed by atoms with E-state index in [9.17, 15) is 0 Å². The van der Waals surface area contributed by atoms with E-state index < -0.39 is 0 Å². The molecule has 7 nitrogen and oxygen atoms in total. The molecule has 0 amide bonds. The number of fused-ring (bicyclic) bond motifs is 3. The Morgan fingerprint density at radius 3 is 2.90 bits per heavy atom. The van der Waals surface area contributed by atoms with Crippen LogP contribution in [0, 0.1) is 0 Å². The van der Waals surface area contributed by atoms with Gasteiger partial charge in [-0.1, -0.05) is 18.2 Å². The second kappa shape index (κ2) is 4.86. The van der Waals surface area contributed by atoms with Crippen LogP contribution < -0.4 is 5.32 Å². The molecule has 0 saturated heterocycles. The van der Waals surface area contributed by atoms with E-state index in [1.54, 1.807) is 12.7 Å². The van der Waals surface area contributed by atoms with Crippen LogP contribution in [0.5, 0.6) is 0 Å². The molecule has 3 aromatic heterocycles. The summed E-state index contributed by atoms with van der Waals surface area (Å²) in [6.07, 6.45) is 4.09. The van der Waals surface area contributed by atoms with Crippen LogP contribution in [0.3, 0.4) is 0 Å². The fourth-order valence-corrected chi connectivity index (χ4v) is 2.32. The average Bonchev–Trinajstić information content (AvgIpc) is 3.14. The Morgan fingerprint density at radius 2 is 2.00 bits per heavy atom. The van der Waals surface area contributed by atoms with Gasteiger partial charge in [0, 0.05) is 18.7 Å². The van der Waals surface area contributed by atoms with Gasteiger partial charge < -0.3 is 10.3 Å². The largest absolute Gasteiger partial charge is 0.385 e. The molecule has 0 aliphatic rings. The first-order chi connectivity index (χ1) is 10.4. The van der Waals surface area contributed by atoms with Gasteiger partial charge in [0.05, 0.1) is 6.33 Å². The van der Waals surface area contributed by atoms with Crippen molar-refractivity contribution in [1.82, 2.24) is 29.5 Å². The van der Waals surface area contributed by atoms with Crippen molar-refractivity contribution in [2.24, 2.45) is 0 Å². The Hall–Kier alpha value is -2.96. The number of anilines is 1. The molecule has 7 heteroatoms. The van der Waals surface area contributed by atoms with Crippen LogP contribution in [0.15, 0.2) is 43.0 Å². The lowest BCUT2D eigenvalue weighted by atomic mass is 10.3. The van der Waals surface area contributed by atoms with Gasteiger partial charge in [-0.2, -0.15) is 0 Å². The Kier molecular flexibility index (Phi) is 2.74. The fraction of sp³-hybridized carbons (Fsp3) is 0.143. The molecule has 0 atom stereocenters. The predicted molar refractivity (Wildman–Crippen MR) is 79.1 cm³/mol. The summed E-state index contributed by atoms with van der Waals surface area (Å²) in [5.74, 6) is 0.873. The smallest absolute Gasteiger partial charge is 0.189 e. The summed E-state index contributed by atoms with van der Waals surface area (Å²) < 4.78 is 1.90. The summed E-state index contributed by atoms with van der Waals surface area (Å²) in [5, 5.41) is 11.8. The first-order valence-electron chi connectivity index (χ1n) is 6.72. The molecule has 0 unspecified atom stereocenters. The Morgan fingerprint density at radius 1 is 1.10 bits per heavy atom. The maximum atomic E-state index is 4.29. The lowest BCUT2D eigenvalue weighted by molar-refractivity contribution is 0.863. The third kappa shape index (κ3) is 2.08. The van der Waals surface area contributed by atoms with Crippen molar-refractivity contribution in [3.8, 4) is 0 Å². The molecule has 0 radical (unpaired) electrons. The molecule has 0 bridgehead atoms. The summed E-state index contributed by atoms with van der Waals surface area (Å²) in [4.78, 5) is 11.5. The Balaban J connectivity index is 1.56. The minimum atomic E-state index is 0.656. The lowest BCUT2D eigenvalue weighted by Crippen LogP contribution is -2.07. The molecule has 3 heterocycles. The quantitative estimate of drug-likeness (QED) is 0.593. The third-order valence-corrected chi connectivity index (χ3v) is 3.36. The molecule has 0 saturated carbocycles. The van der Waals surface area contributed by atoms with Crippen LogP contribution in [-0.2, 0) is 6.42 Å². The van der Waals surface area contributed by atoms with Crippen molar-refractivity contribution in [2.45, 2.75) is 6.42 Å². The molecule has 2 N–H and O–H groups in total. The van der Waals surface area contributed by atoms with E-state index in [2.05, 4.69) is 30.5 Å². The first-order valence-corrected chi connectivity index (χ1v) is 6.72. The summed E-state index contributed by atoms with van der Waals surface area (Å²) >= 11 is 0. The van der Waals surface area contributed by atoms with Gasteiger partial charge >= 0.3 is 0 Å². The van der Waals surface area contributed by atoms with Crippen LogP contribution >= 0.6 is 0 Å².